The number of hydrogen-bond donors (Lipinski definition) is 2. The van der Waals surface area contributed by atoms with Gasteiger partial charge in [0, 0.05) is 35.6 Å². The molecule has 1 saturated carbocycles. The first kappa shape index (κ1) is 16.6. The summed E-state index contributed by atoms with van der Waals surface area (Å²) >= 11 is 0. The Morgan fingerprint density at radius 2 is 2.12 bits per heavy atom. The quantitative estimate of drug-likeness (QED) is 0.717. The Balaban J connectivity index is 1.40. The maximum atomic E-state index is 12.5. The molecule has 1 unspecified atom stereocenters. The summed E-state index contributed by atoms with van der Waals surface area (Å²) in [5.41, 5.74) is 2.92. The Labute approximate surface area is 151 Å². The molecular weight excluding hydrogens is 328 g/mol. The number of carbonyl (C=O) groups excluding carboxylic acids is 1. The lowest BCUT2D eigenvalue weighted by molar-refractivity contribution is -0.124. The highest BCUT2D eigenvalue weighted by molar-refractivity contribution is 5.83. The predicted molar refractivity (Wildman–Crippen MR) is 100 cm³/mol. The van der Waals surface area contributed by atoms with Crippen molar-refractivity contribution in [2.45, 2.75) is 38.1 Å². The van der Waals surface area contributed by atoms with Gasteiger partial charge in [-0.25, -0.2) is 4.68 Å². The van der Waals surface area contributed by atoms with Gasteiger partial charge in [-0.2, -0.15) is 5.10 Å². The van der Waals surface area contributed by atoms with Gasteiger partial charge in [0.2, 0.25) is 5.91 Å². The molecule has 26 heavy (non-hydrogen) atoms. The number of rotatable bonds is 6. The van der Waals surface area contributed by atoms with Crippen LogP contribution in [0.2, 0.25) is 0 Å². The highest BCUT2D eigenvalue weighted by atomic mass is 16.2. The van der Waals surface area contributed by atoms with E-state index in [0.717, 1.165) is 30.5 Å². The van der Waals surface area contributed by atoms with Crippen LogP contribution in [0.25, 0.3) is 10.9 Å². The molecular formula is C20H22N4O2. The summed E-state index contributed by atoms with van der Waals surface area (Å²) in [6, 6.07) is 10.8. The van der Waals surface area contributed by atoms with Crippen molar-refractivity contribution in [3.63, 3.8) is 0 Å². The van der Waals surface area contributed by atoms with Crippen LogP contribution in [0.15, 0.2) is 47.4 Å². The first-order valence-corrected chi connectivity index (χ1v) is 9.06. The number of fused-ring (bicyclic) bond motifs is 1. The molecule has 0 spiro atoms. The lowest BCUT2D eigenvalue weighted by atomic mass is 10.1. The van der Waals surface area contributed by atoms with E-state index in [4.69, 9.17) is 0 Å². The minimum absolute atomic E-state index is 0.188. The van der Waals surface area contributed by atoms with Gasteiger partial charge in [0.15, 0.2) is 0 Å². The van der Waals surface area contributed by atoms with Crippen LogP contribution in [0.4, 0.5) is 0 Å². The normalized spacial score (nSPS) is 15.1. The van der Waals surface area contributed by atoms with Gasteiger partial charge >= 0.3 is 0 Å². The van der Waals surface area contributed by atoms with Crippen LogP contribution >= 0.6 is 0 Å². The molecule has 4 rings (SSSR count). The molecule has 0 bridgehead atoms. The van der Waals surface area contributed by atoms with Crippen molar-refractivity contribution >= 4 is 16.8 Å². The highest BCUT2D eigenvalue weighted by Gasteiger charge is 2.27. The molecule has 134 valence electrons. The SMILES string of the molecule is CC(C(=O)NCCc1c[nH]c2ccccc12)n1nc(C2CC2)ccc1=O. The average Bonchev–Trinajstić information content (AvgIpc) is 3.43. The summed E-state index contributed by atoms with van der Waals surface area (Å²) in [5, 5.41) is 8.49. The molecule has 3 aromatic rings. The third-order valence-corrected chi connectivity index (χ3v) is 4.96. The molecule has 6 nitrogen and oxygen atoms in total. The lowest BCUT2D eigenvalue weighted by Crippen LogP contribution is -2.38. The van der Waals surface area contributed by atoms with E-state index >= 15 is 0 Å². The molecule has 0 radical (unpaired) electrons. The van der Waals surface area contributed by atoms with Crippen LogP contribution in [-0.2, 0) is 11.2 Å². The largest absolute Gasteiger partial charge is 0.361 e. The molecule has 1 atom stereocenters. The fourth-order valence-corrected chi connectivity index (χ4v) is 3.23. The second-order valence-corrected chi connectivity index (χ2v) is 6.89. The van der Waals surface area contributed by atoms with Crippen molar-refractivity contribution in [2.75, 3.05) is 6.54 Å². The summed E-state index contributed by atoms with van der Waals surface area (Å²) in [5.74, 6) is 0.256. The topological polar surface area (TPSA) is 79.8 Å². The second-order valence-electron chi connectivity index (χ2n) is 6.89. The van der Waals surface area contributed by atoms with Gasteiger partial charge < -0.3 is 10.3 Å². The Kier molecular flexibility index (Phi) is 4.32. The molecule has 0 aliphatic heterocycles. The zero-order valence-electron chi connectivity index (χ0n) is 14.7. The zero-order chi connectivity index (χ0) is 18.1. The Morgan fingerprint density at radius 3 is 2.92 bits per heavy atom. The summed E-state index contributed by atoms with van der Waals surface area (Å²) < 4.78 is 1.30. The van der Waals surface area contributed by atoms with E-state index in [1.54, 1.807) is 13.0 Å². The minimum atomic E-state index is -0.621. The van der Waals surface area contributed by atoms with Crippen molar-refractivity contribution in [3.8, 4) is 0 Å². The van der Waals surface area contributed by atoms with Crippen LogP contribution in [0.1, 0.15) is 43.0 Å². The summed E-state index contributed by atoms with van der Waals surface area (Å²) in [6.45, 7) is 2.23. The summed E-state index contributed by atoms with van der Waals surface area (Å²) in [7, 11) is 0. The van der Waals surface area contributed by atoms with Crippen molar-refractivity contribution < 1.29 is 4.79 Å². The number of H-pyrrole nitrogens is 1. The van der Waals surface area contributed by atoms with Crippen molar-refractivity contribution in [3.05, 3.63) is 64.2 Å². The monoisotopic (exact) mass is 350 g/mol. The first-order valence-electron chi connectivity index (χ1n) is 9.06. The first-order chi connectivity index (χ1) is 12.6. The van der Waals surface area contributed by atoms with Crippen molar-refractivity contribution in [2.24, 2.45) is 0 Å². The highest BCUT2D eigenvalue weighted by Crippen LogP contribution is 2.38. The average molecular weight is 350 g/mol. The number of para-hydroxylation sites is 1. The minimum Gasteiger partial charge on any atom is -0.361 e. The summed E-state index contributed by atoms with van der Waals surface area (Å²) in [4.78, 5) is 27.8. The smallest absolute Gasteiger partial charge is 0.267 e. The number of nitrogens with one attached hydrogen (secondary N) is 2. The number of amides is 1. The van der Waals surface area contributed by atoms with E-state index in [0.29, 0.717) is 12.5 Å². The lowest BCUT2D eigenvalue weighted by Gasteiger charge is -2.14. The molecule has 2 N–H and O–H groups in total. The van der Waals surface area contributed by atoms with Crippen molar-refractivity contribution in [1.29, 1.82) is 0 Å². The van der Waals surface area contributed by atoms with Gasteiger partial charge in [-0.1, -0.05) is 18.2 Å². The van der Waals surface area contributed by atoms with Crippen molar-refractivity contribution in [1.82, 2.24) is 20.1 Å². The Morgan fingerprint density at radius 1 is 1.31 bits per heavy atom. The fourth-order valence-electron chi connectivity index (χ4n) is 3.23. The maximum Gasteiger partial charge on any atom is 0.267 e. The molecule has 0 saturated heterocycles. The third kappa shape index (κ3) is 3.27. The molecule has 1 aliphatic rings. The number of nitrogens with zero attached hydrogens (tertiary/aromatic N) is 2. The predicted octanol–water partition coefficient (Wildman–Crippen LogP) is 2.52. The van der Waals surface area contributed by atoms with Gasteiger partial charge in [-0.05, 0) is 43.9 Å². The third-order valence-electron chi connectivity index (χ3n) is 4.96. The van der Waals surface area contributed by atoms with Gasteiger partial charge in [0.1, 0.15) is 6.04 Å². The van der Waals surface area contributed by atoms with Crippen LogP contribution in [0.5, 0.6) is 0 Å². The van der Waals surface area contributed by atoms with Gasteiger partial charge in [0.05, 0.1) is 5.69 Å². The van der Waals surface area contributed by atoms with Gasteiger partial charge in [-0.15, -0.1) is 0 Å². The molecule has 1 fully saturated rings. The number of carbonyl (C=O) groups is 1. The van der Waals surface area contributed by atoms with E-state index in [1.807, 2.05) is 24.4 Å². The molecule has 2 heterocycles. The van der Waals surface area contributed by atoms with Gasteiger partial charge in [-0.3, -0.25) is 9.59 Å². The van der Waals surface area contributed by atoms with E-state index in [9.17, 15) is 9.59 Å². The fraction of sp³-hybridized carbons (Fsp3) is 0.350. The zero-order valence-corrected chi connectivity index (χ0v) is 14.7. The Bertz CT molecular complexity index is 1000. The second kappa shape index (κ2) is 6.78. The van der Waals surface area contributed by atoms with Crippen LogP contribution in [-0.4, -0.2) is 27.2 Å². The van der Waals surface area contributed by atoms with E-state index in [2.05, 4.69) is 21.5 Å². The number of hydrogen-bond acceptors (Lipinski definition) is 3. The molecule has 1 aromatic carbocycles. The Hall–Kier alpha value is -2.89. The van der Waals surface area contributed by atoms with Crippen LogP contribution in [0.3, 0.4) is 0 Å². The van der Waals surface area contributed by atoms with E-state index in [-0.39, 0.29) is 11.5 Å². The van der Waals surface area contributed by atoms with E-state index < -0.39 is 6.04 Å². The maximum absolute atomic E-state index is 12.5. The van der Waals surface area contributed by atoms with Gasteiger partial charge in [0.25, 0.3) is 5.56 Å². The molecule has 2 aromatic heterocycles. The van der Waals surface area contributed by atoms with Crippen LogP contribution in [0, 0.1) is 0 Å². The summed E-state index contributed by atoms with van der Waals surface area (Å²) in [6.07, 6.45) is 4.92. The van der Waals surface area contributed by atoms with E-state index in [1.165, 1.54) is 21.7 Å². The number of aromatic amines is 1. The van der Waals surface area contributed by atoms with Crippen LogP contribution < -0.4 is 10.9 Å². The molecule has 1 amide bonds. The molecule has 1 aliphatic carbocycles. The molecule has 6 heteroatoms. The number of benzene rings is 1. The standard InChI is InChI=1S/C20H22N4O2/c1-13(24-19(25)9-8-17(23-24)14-6-7-14)20(26)21-11-10-15-12-22-18-5-3-2-4-16(15)18/h2-5,8-9,12-14,22H,6-7,10-11H2,1H3,(H,21,26). The number of aromatic nitrogens is 3.